The van der Waals surface area contributed by atoms with Gasteiger partial charge in [-0.05, 0) is 36.2 Å². The Hall–Kier alpha value is -2.51. The predicted molar refractivity (Wildman–Crippen MR) is 120 cm³/mol. The second-order valence-electron chi connectivity index (χ2n) is 7.43. The van der Waals surface area contributed by atoms with E-state index in [1.165, 1.54) is 25.1 Å². The third kappa shape index (κ3) is 6.04. The summed E-state index contributed by atoms with van der Waals surface area (Å²) in [4.78, 5) is 28.0. The maximum absolute atomic E-state index is 13.3. The summed E-state index contributed by atoms with van der Waals surface area (Å²) >= 11 is 12.3. The van der Waals surface area contributed by atoms with Crippen molar-refractivity contribution in [3.8, 4) is 0 Å². The first-order valence-electron chi connectivity index (χ1n) is 9.61. The van der Waals surface area contributed by atoms with E-state index in [-0.39, 0.29) is 28.9 Å². The highest BCUT2D eigenvalue weighted by Gasteiger charge is 2.42. The van der Waals surface area contributed by atoms with Crippen molar-refractivity contribution < 1.29 is 22.8 Å². The number of amides is 2. The van der Waals surface area contributed by atoms with Crippen LogP contribution in [0.4, 0.5) is 13.2 Å². The van der Waals surface area contributed by atoms with Crippen molar-refractivity contribution in [3.05, 3.63) is 82.4 Å². The molecule has 0 aliphatic carbocycles. The molecule has 32 heavy (non-hydrogen) atoms. The van der Waals surface area contributed by atoms with Crippen LogP contribution in [0.3, 0.4) is 0 Å². The number of benzene rings is 2. The number of nitrogens with zero attached hydrogens (tertiary/aromatic N) is 2. The minimum Gasteiger partial charge on any atom is -0.343 e. The fourth-order valence-electron chi connectivity index (χ4n) is 3.49. The molecule has 0 saturated heterocycles. The first-order valence-corrected chi connectivity index (χ1v) is 10.4. The van der Waals surface area contributed by atoms with Gasteiger partial charge in [0.05, 0.1) is 15.6 Å². The van der Waals surface area contributed by atoms with E-state index in [9.17, 15) is 22.8 Å². The molecular weight excluding hydrogens is 464 g/mol. The molecule has 2 aromatic rings. The van der Waals surface area contributed by atoms with Crippen LogP contribution < -0.4 is 0 Å². The van der Waals surface area contributed by atoms with E-state index in [1.54, 1.807) is 48.5 Å². The second-order valence-corrected chi connectivity index (χ2v) is 8.24. The second kappa shape index (κ2) is 10.4. The first-order chi connectivity index (χ1) is 14.9. The monoisotopic (exact) mass is 486 g/mol. The molecule has 0 spiro atoms. The molecule has 4 nitrogen and oxygen atoms in total. The van der Waals surface area contributed by atoms with E-state index < -0.39 is 24.0 Å². The Balaban J connectivity index is 2.59. The highest BCUT2D eigenvalue weighted by Crippen LogP contribution is 2.37. The van der Waals surface area contributed by atoms with Crippen LogP contribution in [-0.4, -0.2) is 48.4 Å². The summed E-state index contributed by atoms with van der Waals surface area (Å²) in [5.74, 6) is -1.50. The summed E-state index contributed by atoms with van der Waals surface area (Å²) in [6.45, 7) is 3.54. The Morgan fingerprint density at radius 2 is 1.66 bits per heavy atom. The lowest BCUT2D eigenvalue weighted by molar-refractivity contribution is -0.161. The number of likely N-dealkylation sites (N-methyl/N-ethyl adjacent to an activating group) is 2. The van der Waals surface area contributed by atoms with Crippen LogP contribution >= 0.6 is 23.2 Å². The Bertz CT molecular complexity index is 983. The van der Waals surface area contributed by atoms with Gasteiger partial charge in [-0.25, -0.2) is 0 Å². The zero-order valence-corrected chi connectivity index (χ0v) is 19.1. The zero-order chi connectivity index (χ0) is 24.1. The lowest BCUT2D eigenvalue weighted by Crippen LogP contribution is -2.54. The minimum absolute atomic E-state index is 0.143. The van der Waals surface area contributed by atoms with Crippen molar-refractivity contribution in [2.24, 2.45) is 0 Å². The Morgan fingerprint density at radius 3 is 2.19 bits per heavy atom. The number of carbonyl (C=O) groups excluding carboxylic acids is 2. The van der Waals surface area contributed by atoms with Gasteiger partial charge in [-0.15, -0.1) is 6.58 Å². The van der Waals surface area contributed by atoms with Gasteiger partial charge in [-0.1, -0.05) is 53.5 Å². The molecule has 2 rings (SSSR count). The van der Waals surface area contributed by atoms with Crippen LogP contribution in [0.1, 0.15) is 28.8 Å². The van der Waals surface area contributed by atoms with Gasteiger partial charge in [0.25, 0.3) is 5.91 Å². The van der Waals surface area contributed by atoms with Crippen LogP contribution in [0.5, 0.6) is 0 Å². The molecule has 0 heterocycles. The maximum Gasteiger partial charge on any atom is 0.397 e. The third-order valence-electron chi connectivity index (χ3n) is 5.18. The SMILES string of the molecule is C=CC[C@@](CN(C)C(=O)CC(F)(F)F)(c1ccc(Cl)c(Cl)c1)N(C)C(=O)c1ccccc1. The van der Waals surface area contributed by atoms with E-state index in [0.717, 1.165) is 4.90 Å². The first kappa shape index (κ1) is 25.7. The molecule has 0 bridgehead atoms. The van der Waals surface area contributed by atoms with Gasteiger partial charge < -0.3 is 9.80 Å². The average Bonchev–Trinajstić information content (AvgIpc) is 2.73. The van der Waals surface area contributed by atoms with Gasteiger partial charge in [-0.2, -0.15) is 13.2 Å². The highest BCUT2D eigenvalue weighted by atomic mass is 35.5. The van der Waals surface area contributed by atoms with Gasteiger partial charge in [0.1, 0.15) is 6.42 Å². The number of hydrogen-bond acceptors (Lipinski definition) is 2. The van der Waals surface area contributed by atoms with Gasteiger partial charge in [0, 0.05) is 26.2 Å². The molecule has 2 aromatic carbocycles. The van der Waals surface area contributed by atoms with Gasteiger partial charge in [-0.3, -0.25) is 9.59 Å². The predicted octanol–water partition coefficient (Wildman–Crippen LogP) is 5.95. The summed E-state index contributed by atoms with van der Waals surface area (Å²) in [5.41, 5.74) is -0.364. The zero-order valence-electron chi connectivity index (χ0n) is 17.6. The van der Waals surface area contributed by atoms with E-state index in [0.29, 0.717) is 11.1 Å². The number of halogens is 5. The number of alkyl halides is 3. The van der Waals surface area contributed by atoms with Crippen molar-refractivity contribution in [1.82, 2.24) is 9.80 Å². The van der Waals surface area contributed by atoms with E-state index >= 15 is 0 Å². The molecule has 0 fully saturated rings. The standard InChI is InChI=1S/C23H23Cl2F3N2O2/c1-4-12-22(17-10-11-18(24)19(25)13-17,15-29(2)20(31)14-23(26,27)28)30(3)21(32)16-8-6-5-7-9-16/h4-11,13H,1,12,14-15H2,2-3H3/t22-/m1/s1. The maximum atomic E-state index is 13.3. The van der Waals surface area contributed by atoms with Crippen molar-refractivity contribution >= 4 is 35.0 Å². The summed E-state index contributed by atoms with van der Waals surface area (Å²) in [6.07, 6.45) is -4.57. The summed E-state index contributed by atoms with van der Waals surface area (Å²) in [7, 11) is 2.80. The topological polar surface area (TPSA) is 40.6 Å². The molecular formula is C23H23Cl2F3N2O2. The van der Waals surface area contributed by atoms with Gasteiger partial charge in [0.2, 0.25) is 5.91 Å². The smallest absolute Gasteiger partial charge is 0.343 e. The molecule has 2 amide bonds. The molecule has 0 aliphatic heterocycles. The summed E-state index contributed by atoms with van der Waals surface area (Å²) in [5, 5.41) is 0.490. The number of rotatable bonds is 8. The van der Waals surface area contributed by atoms with Crippen LogP contribution in [0.2, 0.25) is 10.0 Å². The van der Waals surface area contributed by atoms with Crippen molar-refractivity contribution in [2.45, 2.75) is 24.6 Å². The van der Waals surface area contributed by atoms with E-state index in [4.69, 9.17) is 23.2 Å². The van der Waals surface area contributed by atoms with Gasteiger partial charge in [0.15, 0.2) is 0 Å². The Labute approximate surface area is 195 Å². The van der Waals surface area contributed by atoms with E-state index in [1.807, 2.05) is 0 Å². The van der Waals surface area contributed by atoms with Crippen molar-refractivity contribution in [3.63, 3.8) is 0 Å². The van der Waals surface area contributed by atoms with Crippen LogP contribution in [-0.2, 0) is 10.3 Å². The Kier molecular flexibility index (Phi) is 8.37. The van der Waals surface area contributed by atoms with Gasteiger partial charge >= 0.3 is 6.18 Å². The molecule has 0 saturated carbocycles. The lowest BCUT2D eigenvalue weighted by Gasteiger charge is -2.44. The van der Waals surface area contributed by atoms with Crippen molar-refractivity contribution in [2.75, 3.05) is 20.6 Å². The summed E-state index contributed by atoms with van der Waals surface area (Å²) < 4.78 is 38.4. The molecule has 0 aliphatic rings. The molecule has 1 atom stereocenters. The third-order valence-corrected chi connectivity index (χ3v) is 5.92. The molecule has 0 N–H and O–H groups in total. The average molecular weight is 487 g/mol. The largest absolute Gasteiger partial charge is 0.397 e. The van der Waals surface area contributed by atoms with Crippen LogP contribution in [0.25, 0.3) is 0 Å². The van der Waals surface area contributed by atoms with Crippen molar-refractivity contribution in [1.29, 1.82) is 0 Å². The highest BCUT2D eigenvalue weighted by molar-refractivity contribution is 6.42. The summed E-state index contributed by atoms with van der Waals surface area (Å²) in [6, 6.07) is 13.1. The van der Waals surface area contributed by atoms with Crippen LogP contribution in [0, 0.1) is 0 Å². The van der Waals surface area contributed by atoms with E-state index in [2.05, 4.69) is 6.58 Å². The normalized spacial score (nSPS) is 13.2. The molecule has 9 heteroatoms. The lowest BCUT2D eigenvalue weighted by atomic mass is 9.83. The molecule has 172 valence electrons. The molecule has 0 radical (unpaired) electrons. The minimum atomic E-state index is -4.65. The number of carbonyl (C=O) groups is 2. The Morgan fingerprint density at radius 1 is 1.03 bits per heavy atom. The van der Waals surface area contributed by atoms with Crippen LogP contribution in [0.15, 0.2) is 61.2 Å². The quantitative estimate of drug-likeness (QED) is 0.432. The number of hydrogen-bond donors (Lipinski definition) is 0. The fourth-order valence-corrected chi connectivity index (χ4v) is 3.79. The molecule has 0 unspecified atom stereocenters. The molecule has 0 aromatic heterocycles. The fraction of sp³-hybridized carbons (Fsp3) is 0.304.